The second-order valence-corrected chi connectivity index (χ2v) is 8.83. The number of ether oxygens (including phenoxy) is 3. The lowest BCUT2D eigenvalue weighted by atomic mass is 10.0. The van der Waals surface area contributed by atoms with Gasteiger partial charge in [-0.25, -0.2) is 0 Å². The Balaban J connectivity index is 1.52. The Labute approximate surface area is 204 Å². The van der Waals surface area contributed by atoms with Gasteiger partial charge in [0.2, 0.25) is 5.91 Å². The fraction of sp³-hybridized carbons (Fsp3) is 0.400. The number of hydrogen-bond donors (Lipinski definition) is 0. The van der Waals surface area contributed by atoms with Crippen LogP contribution in [0.4, 0.5) is 0 Å². The quantitative estimate of drug-likeness (QED) is 0.417. The molecule has 0 aliphatic carbocycles. The van der Waals surface area contributed by atoms with E-state index in [1.807, 2.05) is 58.9 Å². The Morgan fingerprint density at radius 2 is 1.85 bits per heavy atom. The summed E-state index contributed by atoms with van der Waals surface area (Å²) < 4.78 is 18.5. The fourth-order valence-corrected chi connectivity index (χ4v) is 5.30. The molecule has 1 fully saturated rings. The largest absolute Gasteiger partial charge is 0.497 e. The molecule has 0 N–H and O–H groups in total. The van der Waals surface area contributed by atoms with Crippen LogP contribution in [0.3, 0.4) is 0 Å². The smallest absolute Gasteiger partial charge is 0.233 e. The summed E-state index contributed by atoms with van der Waals surface area (Å²) in [5.74, 6) is 3.35. The van der Waals surface area contributed by atoms with Crippen molar-refractivity contribution in [3.8, 4) is 28.6 Å². The molecule has 1 unspecified atom stereocenters. The first-order chi connectivity index (χ1) is 16.6. The average molecular weight is 483 g/mol. The molecule has 4 rings (SSSR count). The number of likely N-dealkylation sites (tertiary alicyclic amines) is 1. The standard InChI is InChI=1S/C25H30N4O4S/c1-5-28-24(18-9-6-7-11-21(18)32-3)26-27-25(28)34-16-23(30)29-14-8-10-20(29)19-15-17(31-2)12-13-22(19)33-4/h6-7,9,11-13,15,20H,5,8,10,14,16H2,1-4H3. The Morgan fingerprint density at radius 3 is 2.59 bits per heavy atom. The number of hydrogen-bond acceptors (Lipinski definition) is 7. The van der Waals surface area contributed by atoms with Gasteiger partial charge in [0.15, 0.2) is 11.0 Å². The average Bonchev–Trinajstić information content (AvgIpc) is 3.54. The van der Waals surface area contributed by atoms with Gasteiger partial charge in [0, 0.05) is 18.7 Å². The number of thioether (sulfide) groups is 1. The number of carbonyl (C=O) groups is 1. The van der Waals surface area contributed by atoms with Crippen LogP contribution in [0.2, 0.25) is 0 Å². The van der Waals surface area contributed by atoms with E-state index in [1.165, 1.54) is 11.8 Å². The van der Waals surface area contributed by atoms with Crippen molar-refractivity contribution in [1.29, 1.82) is 0 Å². The third kappa shape index (κ3) is 4.70. The number of amides is 1. The Hall–Kier alpha value is -3.20. The molecule has 0 saturated carbocycles. The highest BCUT2D eigenvalue weighted by molar-refractivity contribution is 7.99. The molecule has 2 heterocycles. The van der Waals surface area contributed by atoms with E-state index < -0.39 is 0 Å². The van der Waals surface area contributed by atoms with E-state index in [0.717, 1.165) is 53.6 Å². The van der Waals surface area contributed by atoms with Gasteiger partial charge in [-0.1, -0.05) is 23.9 Å². The normalized spacial score (nSPS) is 15.4. The lowest BCUT2D eigenvalue weighted by Crippen LogP contribution is -2.32. The van der Waals surface area contributed by atoms with Gasteiger partial charge in [-0.15, -0.1) is 10.2 Å². The topological polar surface area (TPSA) is 78.7 Å². The molecular formula is C25H30N4O4S. The van der Waals surface area contributed by atoms with Crippen LogP contribution in [0.15, 0.2) is 47.6 Å². The summed E-state index contributed by atoms with van der Waals surface area (Å²) in [6.07, 6.45) is 1.84. The number of methoxy groups -OCH3 is 3. The Bertz CT molecular complexity index is 1150. The highest BCUT2D eigenvalue weighted by atomic mass is 32.2. The van der Waals surface area contributed by atoms with E-state index in [-0.39, 0.29) is 17.7 Å². The van der Waals surface area contributed by atoms with Crippen molar-refractivity contribution in [2.45, 2.75) is 37.5 Å². The van der Waals surface area contributed by atoms with E-state index in [2.05, 4.69) is 10.2 Å². The molecule has 34 heavy (non-hydrogen) atoms. The molecule has 1 atom stereocenters. The van der Waals surface area contributed by atoms with Crippen LogP contribution >= 0.6 is 11.8 Å². The predicted molar refractivity (Wildman–Crippen MR) is 132 cm³/mol. The summed E-state index contributed by atoms with van der Waals surface area (Å²) in [5, 5.41) is 9.49. The minimum Gasteiger partial charge on any atom is -0.497 e. The summed E-state index contributed by atoms with van der Waals surface area (Å²) in [6.45, 7) is 3.45. The van der Waals surface area contributed by atoms with Gasteiger partial charge in [0.25, 0.3) is 0 Å². The van der Waals surface area contributed by atoms with Crippen molar-refractivity contribution < 1.29 is 19.0 Å². The highest BCUT2D eigenvalue weighted by Crippen LogP contribution is 2.39. The molecule has 0 spiro atoms. The van der Waals surface area contributed by atoms with Crippen LogP contribution in [0.5, 0.6) is 17.2 Å². The van der Waals surface area contributed by atoms with Gasteiger partial charge in [0.1, 0.15) is 17.2 Å². The number of benzene rings is 2. The van der Waals surface area contributed by atoms with Crippen LogP contribution in [0.1, 0.15) is 31.4 Å². The summed E-state index contributed by atoms with van der Waals surface area (Å²) in [7, 11) is 4.94. The SMILES string of the molecule is CCn1c(SCC(=O)N2CCCC2c2cc(OC)ccc2OC)nnc1-c1ccccc1OC. The van der Waals surface area contributed by atoms with Crippen molar-refractivity contribution in [2.75, 3.05) is 33.6 Å². The minimum absolute atomic E-state index is 0.0358. The van der Waals surface area contributed by atoms with Crippen molar-refractivity contribution in [3.05, 3.63) is 48.0 Å². The second-order valence-electron chi connectivity index (χ2n) is 7.89. The summed E-state index contributed by atoms with van der Waals surface area (Å²) in [6, 6.07) is 13.4. The van der Waals surface area contributed by atoms with Crippen molar-refractivity contribution in [2.24, 2.45) is 0 Å². The maximum absolute atomic E-state index is 13.3. The fourth-order valence-electron chi connectivity index (χ4n) is 4.41. The van der Waals surface area contributed by atoms with E-state index in [9.17, 15) is 4.79 Å². The van der Waals surface area contributed by atoms with Crippen molar-refractivity contribution in [1.82, 2.24) is 19.7 Å². The molecule has 8 nitrogen and oxygen atoms in total. The number of carbonyl (C=O) groups excluding carboxylic acids is 1. The number of para-hydroxylation sites is 1. The van der Waals surface area contributed by atoms with Crippen molar-refractivity contribution in [3.63, 3.8) is 0 Å². The monoisotopic (exact) mass is 482 g/mol. The number of rotatable bonds is 9. The summed E-state index contributed by atoms with van der Waals surface area (Å²) in [5.41, 5.74) is 1.86. The van der Waals surface area contributed by atoms with Crippen LogP contribution in [-0.4, -0.2) is 59.2 Å². The van der Waals surface area contributed by atoms with Gasteiger partial charge in [-0.2, -0.15) is 0 Å². The zero-order chi connectivity index (χ0) is 24.1. The molecule has 1 aromatic heterocycles. The van der Waals surface area contributed by atoms with E-state index in [1.54, 1.807) is 21.3 Å². The first-order valence-electron chi connectivity index (χ1n) is 11.3. The summed E-state index contributed by atoms with van der Waals surface area (Å²) >= 11 is 1.41. The molecule has 2 aromatic carbocycles. The highest BCUT2D eigenvalue weighted by Gasteiger charge is 2.32. The number of nitrogens with zero attached hydrogens (tertiary/aromatic N) is 4. The third-order valence-electron chi connectivity index (χ3n) is 6.07. The summed E-state index contributed by atoms with van der Waals surface area (Å²) in [4.78, 5) is 15.2. The van der Waals surface area contributed by atoms with Gasteiger partial charge in [-0.05, 0) is 50.1 Å². The second kappa shape index (κ2) is 10.8. The van der Waals surface area contributed by atoms with Crippen LogP contribution in [-0.2, 0) is 11.3 Å². The van der Waals surface area contributed by atoms with Gasteiger partial charge in [-0.3, -0.25) is 4.79 Å². The molecule has 1 amide bonds. The van der Waals surface area contributed by atoms with Crippen LogP contribution in [0, 0.1) is 0 Å². The first-order valence-corrected chi connectivity index (χ1v) is 12.3. The molecule has 180 valence electrons. The molecule has 1 aliphatic heterocycles. The molecule has 1 saturated heterocycles. The van der Waals surface area contributed by atoms with E-state index in [4.69, 9.17) is 14.2 Å². The molecule has 0 bridgehead atoms. The van der Waals surface area contributed by atoms with E-state index in [0.29, 0.717) is 11.7 Å². The third-order valence-corrected chi connectivity index (χ3v) is 7.03. The maximum Gasteiger partial charge on any atom is 0.233 e. The van der Waals surface area contributed by atoms with Gasteiger partial charge >= 0.3 is 0 Å². The van der Waals surface area contributed by atoms with Gasteiger partial charge < -0.3 is 23.7 Å². The first kappa shape index (κ1) is 23.9. The molecular weight excluding hydrogens is 452 g/mol. The Morgan fingerprint density at radius 1 is 1.06 bits per heavy atom. The Kier molecular flexibility index (Phi) is 7.62. The zero-order valence-corrected chi connectivity index (χ0v) is 20.8. The maximum atomic E-state index is 13.3. The van der Waals surface area contributed by atoms with Crippen LogP contribution in [0.25, 0.3) is 11.4 Å². The van der Waals surface area contributed by atoms with Crippen LogP contribution < -0.4 is 14.2 Å². The van der Waals surface area contributed by atoms with Gasteiger partial charge in [0.05, 0.1) is 38.7 Å². The zero-order valence-electron chi connectivity index (χ0n) is 20.0. The lowest BCUT2D eigenvalue weighted by molar-refractivity contribution is -0.129. The molecule has 9 heteroatoms. The van der Waals surface area contributed by atoms with E-state index >= 15 is 0 Å². The molecule has 1 aliphatic rings. The molecule has 0 radical (unpaired) electrons. The molecule has 3 aromatic rings. The lowest BCUT2D eigenvalue weighted by Gasteiger charge is -2.26. The van der Waals surface area contributed by atoms with Crippen molar-refractivity contribution >= 4 is 17.7 Å². The number of aromatic nitrogens is 3. The predicted octanol–water partition coefficient (Wildman–Crippen LogP) is 4.45. The minimum atomic E-state index is -0.0358.